The molecule has 0 saturated carbocycles. The second kappa shape index (κ2) is 6.51. The lowest BCUT2D eigenvalue weighted by Gasteiger charge is -2.16. The predicted molar refractivity (Wildman–Crippen MR) is 65.4 cm³/mol. The number of aromatic hydroxyl groups is 1. The summed E-state index contributed by atoms with van der Waals surface area (Å²) in [6.45, 7) is 4.77. The van der Waals surface area contributed by atoms with Crippen LogP contribution < -0.4 is 5.32 Å². The van der Waals surface area contributed by atoms with E-state index in [9.17, 15) is 10.2 Å². The minimum atomic E-state index is -0.564. The van der Waals surface area contributed by atoms with Gasteiger partial charge in [-0.05, 0) is 31.0 Å². The summed E-state index contributed by atoms with van der Waals surface area (Å²) in [5, 5.41) is 22.5. The van der Waals surface area contributed by atoms with E-state index in [0.29, 0.717) is 12.6 Å². The average molecular weight is 223 g/mol. The van der Waals surface area contributed by atoms with Crippen LogP contribution in [0.5, 0.6) is 5.75 Å². The normalized spacial score (nSPS) is 14.7. The van der Waals surface area contributed by atoms with E-state index in [2.05, 4.69) is 19.2 Å². The molecule has 0 heterocycles. The lowest BCUT2D eigenvalue weighted by Crippen LogP contribution is -2.30. The number of benzene rings is 1. The molecule has 3 heteroatoms. The first-order valence-corrected chi connectivity index (χ1v) is 5.84. The van der Waals surface area contributed by atoms with Gasteiger partial charge in [-0.25, -0.2) is 0 Å². The molecule has 0 spiro atoms. The smallest absolute Gasteiger partial charge is 0.115 e. The van der Waals surface area contributed by atoms with Crippen molar-refractivity contribution in [3.05, 3.63) is 29.8 Å². The Balaban J connectivity index is 2.43. The highest BCUT2D eigenvalue weighted by Crippen LogP contribution is 2.17. The fourth-order valence-electron chi connectivity index (χ4n) is 1.70. The van der Waals surface area contributed by atoms with E-state index in [1.54, 1.807) is 18.2 Å². The number of hydrogen-bond acceptors (Lipinski definition) is 3. The molecule has 2 atom stereocenters. The van der Waals surface area contributed by atoms with E-state index >= 15 is 0 Å². The van der Waals surface area contributed by atoms with Gasteiger partial charge in [-0.15, -0.1) is 0 Å². The zero-order valence-electron chi connectivity index (χ0n) is 9.98. The molecule has 0 aliphatic heterocycles. The predicted octanol–water partition coefficient (Wildman–Crippen LogP) is 2.20. The van der Waals surface area contributed by atoms with E-state index in [1.807, 2.05) is 6.07 Å². The topological polar surface area (TPSA) is 52.5 Å². The van der Waals surface area contributed by atoms with Gasteiger partial charge >= 0.3 is 0 Å². The summed E-state index contributed by atoms with van der Waals surface area (Å²) >= 11 is 0. The molecular formula is C13H21NO2. The van der Waals surface area contributed by atoms with Crippen molar-refractivity contribution >= 4 is 0 Å². The molecule has 1 rings (SSSR count). The zero-order chi connectivity index (χ0) is 12.0. The van der Waals surface area contributed by atoms with Gasteiger partial charge in [0.25, 0.3) is 0 Å². The summed E-state index contributed by atoms with van der Waals surface area (Å²) in [5.41, 5.74) is 0.746. The fraction of sp³-hybridized carbons (Fsp3) is 0.538. The van der Waals surface area contributed by atoms with Gasteiger partial charge in [0, 0.05) is 12.6 Å². The van der Waals surface area contributed by atoms with E-state index < -0.39 is 6.10 Å². The van der Waals surface area contributed by atoms with Crippen molar-refractivity contribution in [2.45, 2.75) is 38.8 Å². The van der Waals surface area contributed by atoms with Crippen molar-refractivity contribution in [2.24, 2.45) is 0 Å². The second-order valence-corrected chi connectivity index (χ2v) is 4.21. The number of nitrogens with one attached hydrogen (secondary N) is 1. The number of phenols is 1. The quantitative estimate of drug-likeness (QED) is 0.693. The highest BCUT2D eigenvalue weighted by molar-refractivity contribution is 5.28. The third-order valence-corrected chi connectivity index (χ3v) is 2.64. The van der Waals surface area contributed by atoms with Crippen LogP contribution in [0.4, 0.5) is 0 Å². The average Bonchev–Trinajstić information content (AvgIpc) is 2.26. The van der Waals surface area contributed by atoms with Crippen molar-refractivity contribution in [3.63, 3.8) is 0 Å². The first-order chi connectivity index (χ1) is 7.63. The van der Waals surface area contributed by atoms with Gasteiger partial charge in [0.05, 0.1) is 6.10 Å². The highest BCUT2D eigenvalue weighted by Gasteiger charge is 2.09. The molecule has 90 valence electrons. The third-order valence-electron chi connectivity index (χ3n) is 2.64. The van der Waals surface area contributed by atoms with Crippen LogP contribution >= 0.6 is 0 Å². The Labute approximate surface area is 97.1 Å². The second-order valence-electron chi connectivity index (χ2n) is 4.21. The molecule has 0 aliphatic carbocycles. The number of aliphatic hydroxyl groups excluding tert-OH is 1. The number of hydrogen-bond donors (Lipinski definition) is 3. The Hall–Kier alpha value is -1.06. The molecule has 0 bridgehead atoms. The van der Waals surface area contributed by atoms with Crippen molar-refractivity contribution in [3.8, 4) is 5.75 Å². The molecule has 1 aromatic carbocycles. The first-order valence-electron chi connectivity index (χ1n) is 5.84. The SMILES string of the molecule is CCC[C@@H](C)NCC(O)c1cccc(O)c1. The van der Waals surface area contributed by atoms with Gasteiger partial charge in [0.2, 0.25) is 0 Å². The summed E-state index contributed by atoms with van der Waals surface area (Å²) in [6, 6.07) is 7.16. The maximum atomic E-state index is 9.89. The van der Waals surface area contributed by atoms with Crippen LogP contribution in [0.1, 0.15) is 38.4 Å². The van der Waals surface area contributed by atoms with Gasteiger partial charge in [-0.1, -0.05) is 25.5 Å². The zero-order valence-corrected chi connectivity index (χ0v) is 9.98. The summed E-state index contributed by atoms with van der Waals surface area (Å²) < 4.78 is 0. The molecule has 16 heavy (non-hydrogen) atoms. The molecule has 3 N–H and O–H groups in total. The lowest BCUT2D eigenvalue weighted by molar-refractivity contribution is 0.169. The lowest BCUT2D eigenvalue weighted by atomic mass is 10.1. The van der Waals surface area contributed by atoms with Crippen LogP contribution in [0.3, 0.4) is 0 Å². The Bertz CT molecular complexity index is 315. The summed E-state index contributed by atoms with van der Waals surface area (Å²) in [4.78, 5) is 0. The largest absolute Gasteiger partial charge is 0.508 e. The molecule has 0 aromatic heterocycles. The van der Waals surface area contributed by atoms with Crippen molar-refractivity contribution in [2.75, 3.05) is 6.54 Å². The first kappa shape index (κ1) is 13.0. The van der Waals surface area contributed by atoms with Crippen LogP contribution in [0.15, 0.2) is 24.3 Å². The molecule has 0 radical (unpaired) electrons. The van der Waals surface area contributed by atoms with E-state index in [4.69, 9.17) is 0 Å². The third kappa shape index (κ3) is 4.21. The van der Waals surface area contributed by atoms with Crippen LogP contribution in [0.25, 0.3) is 0 Å². The Morgan fingerprint density at radius 2 is 2.12 bits per heavy atom. The maximum Gasteiger partial charge on any atom is 0.115 e. The van der Waals surface area contributed by atoms with Gasteiger partial charge in [-0.3, -0.25) is 0 Å². The summed E-state index contributed by atoms with van der Waals surface area (Å²) in [5.74, 6) is 0.193. The summed E-state index contributed by atoms with van der Waals surface area (Å²) in [7, 11) is 0. The standard InChI is InChI=1S/C13H21NO2/c1-3-5-10(2)14-9-13(16)11-6-4-7-12(15)8-11/h4,6-8,10,13-16H,3,5,9H2,1-2H3/t10-,13?/m1/s1. The van der Waals surface area contributed by atoms with E-state index in [0.717, 1.165) is 18.4 Å². The van der Waals surface area contributed by atoms with Gasteiger partial charge in [0.15, 0.2) is 0 Å². The van der Waals surface area contributed by atoms with Crippen LogP contribution in [0.2, 0.25) is 0 Å². The molecule has 0 aliphatic rings. The fourth-order valence-corrected chi connectivity index (χ4v) is 1.70. The molecule has 1 aromatic rings. The monoisotopic (exact) mass is 223 g/mol. The minimum absolute atomic E-state index is 0.193. The summed E-state index contributed by atoms with van der Waals surface area (Å²) in [6.07, 6.45) is 1.68. The highest BCUT2D eigenvalue weighted by atomic mass is 16.3. The van der Waals surface area contributed by atoms with Crippen molar-refractivity contribution in [1.82, 2.24) is 5.32 Å². The van der Waals surface area contributed by atoms with Crippen LogP contribution in [0, 0.1) is 0 Å². The number of phenolic OH excluding ortho intramolecular Hbond substituents is 1. The van der Waals surface area contributed by atoms with Gasteiger partial charge in [0.1, 0.15) is 5.75 Å². The molecule has 3 nitrogen and oxygen atoms in total. The van der Waals surface area contributed by atoms with E-state index in [-0.39, 0.29) is 5.75 Å². The Kier molecular flexibility index (Phi) is 5.29. The van der Waals surface area contributed by atoms with Gasteiger partial charge in [-0.2, -0.15) is 0 Å². The van der Waals surface area contributed by atoms with Crippen LogP contribution in [-0.2, 0) is 0 Å². The van der Waals surface area contributed by atoms with Crippen molar-refractivity contribution < 1.29 is 10.2 Å². The molecule has 1 unspecified atom stereocenters. The number of aliphatic hydroxyl groups is 1. The molecule has 0 amide bonds. The Morgan fingerprint density at radius 1 is 1.38 bits per heavy atom. The van der Waals surface area contributed by atoms with E-state index in [1.165, 1.54) is 0 Å². The minimum Gasteiger partial charge on any atom is -0.508 e. The number of rotatable bonds is 6. The molecule has 0 fully saturated rings. The van der Waals surface area contributed by atoms with Crippen LogP contribution in [-0.4, -0.2) is 22.8 Å². The molecule has 0 saturated heterocycles. The van der Waals surface area contributed by atoms with Crippen molar-refractivity contribution in [1.29, 1.82) is 0 Å². The molecular weight excluding hydrogens is 202 g/mol. The van der Waals surface area contributed by atoms with Gasteiger partial charge < -0.3 is 15.5 Å². The maximum absolute atomic E-state index is 9.89. The Morgan fingerprint density at radius 3 is 2.75 bits per heavy atom.